The van der Waals surface area contributed by atoms with Crippen LogP contribution in [0.5, 0.6) is 6.01 Å². The van der Waals surface area contributed by atoms with Crippen LogP contribution in [0, 0.1) is 0 Å². The number of aryl methyl sites for hydroxylation is 1. The van der Waals surface area contributed by atoms with E-state index >= 15 is 0 Å². The highest BCUT2D eigenvalue weighted by molar-refractivity contribution is 6.34. The predicted octanol–water partition coefficient (Wildman–Crippen LogP) is 2.52. The summed E-state index contributed by atoms with van der Waals surface area (Å²) in [5.41, 5.74) is 3.29. The maximum atomic E-state index is 12.6. The van der Waals surface area contributed by atoms with Gasteiger partial charge in [-0.15, -0.1) is 0 Å². The van der Waals surface area contributed by atoms with E-state index in [2.05, 4.69) is 14.9 Å². The summed E-state index contributed by atoms with van der Waals surface area (Å²) in [6.45, 7) is 6.08. The van der Waals surface area contributed by atoms with Crippen LogP contribution in [-0.2, 0) is 30.9 Å². The molecular weight excluding hydrogens is 482 g/mol. The molecule has 0 N–H and O–H groups in total. The van der Waals surface area contributed by atoms with Crippen molar-refractivity contribution in [2.45, 2.75) is 63.8 Å². The van der Waals surface area contributed by atoms with Crippen LogP contribution in [0.4, 0.5) is 5.82 Å². The molecule has 0 aliphatic carbocycles. The topological polar surface area (TPSA) is 88.9 Å². The normalized spacial score (nSPS) is 21.0. The number of carbonyl (C=O) groups is 1. The van der Waals surface area contributed by atoms with Crippen LogP contribution >= 0.6 is 11.6 Å². The van der Waals surface area contributed by atoms with E-state index in [9.17, 15) is 4.79 Å². The number of rotatable bonds is 5. The lowest BCUT2D eigenvalue weighted by atomic mass is 9.95. The molecule has 0 saturated carbocycles. The average molecular weight is 516 g/mol. The van der Waals surface area contributed by atoms with Crippen molar-refractivity contribution in [3.8, 4) is 6.01 Å². The zero-order valence-electron chi connectivity index (χ0n) is 21.1. The van der Waals surface area contributed by atoms with Gasteiger partial charge in [0.15, 0.2) is 5.69 Å². The van der Waals surface area contributed by atoms with Gasteiger partial charge in [0.05, 0.1) is 41.7 Å². The van der Waals surface area contributed by atoms with Crippen LogP contribution in [0.15, 0.2) is 0 Å². The van der Waals surface area contributed by atoms with Crippen LogP contribution in [0.1, 0.15) is 59.5 Å². The Bertz CT molecular complexity index is 1160. The number of aromatic nitrogens is 4. The Labute approximate surface area is 216 Å². The third-order valence-corrected chi connectivity index (χ3v) is 8.50. The van der Waals surface area contributed by atoms with Gasteiger partial charge in [-0.3, -0.25) is 14.4 Å². The molecule has 0 unspecified atom stereocenters. The van der Waals surface area contributed by atoms with Crippen molar-refractivity contribution in [2.75, 3.05) is 51.8 Å². The number of amides is 1. The highest BCUT2D eigenvalue weighted by Crippen LogP contribution is 2.39. The SMILES string of the molecule is CN(C)C(=O)c1nn2c(c1Cl)CN(c1nc(OCC34CCCN3CCC4)nc3c1COCC3)CCC2. The molecule has 0 atom stereocenters. The quantitative estimate of drug-likeness (QED) is 0.600. The summed E-state index contributed by atoms with van der Waals surface area (Å²) in [5, 5.41) is 4.96. The molecule has 0 bridgehead atoms. The summed E-state index contributed by atoms with van der Waals surface area (Å²) < 4.78 is 14.0. The molecule has 6 heterocycles. The Hall–Kier alpha value is -2.43. The van der Waals surface area contributed by atoms with Crippen molar-refractivity contribution < 1.29 is 14.3 Å². The average Bonchev–Trinajstić information content (AvgIpc) is 3.49. The van der Waals surface area contributed by atoms with Gasteiger partial charge in [0, 0.05) is 39.2 Å². The minimum Gasteiger partial charge on any atom is -0.461 e. The molecule has 0 aromatic carbocycles. The van der Waals surface area contributed by atoms with Gasteiger partial charge in [-0.2, -0.15) is 15.1 Å². The first-order valence-electron chi connectivity index (χ1n) is 13.0. The maximum absolute atomic E-state index is 12.6. The second-order valence-corrected chi connectivity index (χ2v) is 10.9. The number of anilines is 1. The van der Waals surface area contributed by atoms with Gasteiger partial charge in [0.25, 0.3) is 5.91 Å². The fourth-order valence-electron chi connectivity index (χ4n) is 6.19. The van der Waals surface area contributed by atoms with Crippen molar-refractivity contribution in [2.24, 2.45) is 0 Å². The molecule has 6 rings (SSSR count). The summed E-state index contributed by atoms with van der Waals surface area (Å²) in [6.07, 6.45) is 6.43. The highest BCUT2D eigenvalue weighted by atomic mass is 35.5. The van der Waals surface area contributed by atoms with Gasteiger partial charge in [0.1, 0.15) is 12.4 Å². The fraction of sp³-hybridized carbons (Fsp3) is 0.680. The Balaban J connectivity index is 1.30. The van der Waals surface area contributed by atoms with E-state index in [4.69, 9.17) is 31.0 Å². The number of hydrogen-bond acceptors (Lipinski definition) is 8. The smallest absolute Gasteiger partial charge is 0.318 e. The Morgan fingerprint density at radius 1 is 1.14 bits per heavy atom. The number of fused-ring (bicyclic) bond motifs is 3. The second kappa shape index (κ2) is 9.46. The molecule has 194 valence electrons. The zero-order valence-corrected chi connectivity index (χ0v) is 21.9. The summed E-state index contributed by atoms with van der Waals surface area (Å²) >= 11 is 6.71. The fourth-order valence-corrected chi connectivity index (χ4v) is 6.47. The van der Waals surface area contributed by atoms with E-state index in [1.54, 1.807) is 14.1 Å². The van der Waals surface area contributed by atoms with Crippen molar-refractivity contribution in [3.63, 3.8) is 0 Å². The molecule has 2 aromatic rings. The first kappa shape index (κ1) is 23.9. The lowest BCUT2D eigenvalue weighted by Gasteiger charge is -2.32. The molecule has 0 spiro atoms. The van der Waals surface area contributed by atoms with E-state index < -0.39 is 0 Å². The van der Waals surface area contributed by atoms with Gasteiger partial charge in [-0.25, -0.2) is 0 Å². The second-order valence-electron chi connectivity index (χ2n) is 10.6. The maximum Gasteiger partial charge on any atom is 0.318 e. The molecule has 36 heavy (non-hydrogen) atoms. The van der Waals surface area contributed by atoms with Crippen molar-refractivity contribution in [3.05, 3.63) is 27.7 Å². The molecule has 11 heteroatoms. The minimum atomic E-state index is -0.192. The van der Waals surface area contributed by atoms with Crippen LogP contribution in [0.3, 0.4) is 0 Å². The van der Waals surface area contributed by atoms with Gasteiger partial charge in [-0.05, 0) is 45.2 Å². The van der Waals surface area contributed by atoms with Crippen LogP contribution in [0.2, 0.25) is 5.02 Å². The Morgan fingerprint density at radius 3 is 2.72 bits per heavy atom. The third kappa shape index (κ3) is 4.13. The van der Waals surface area contributed by atoms with E-state index in [0.29, 0.717) is 49.6 Å². The van der Waals surface area contributed by atoms with Crippen LogP contribution in [-0.4, -0.2) is 87.9 Å². The van der Waals surface area contributed by atoms with Crippen LogP contribution < -0.4 is 9.64 Å². The van der Waals surface area contributed by atoms with E-state index in [1.165, 1.54) is 30.6 Å². The summed E-state index contributed by atoms with van der Waals surface area (Å²) in [7, 11) is 3.42. The summed E-state index contributed by atoms with van der Waals surface area (Å²) in [4.78, 5) is 28.7. The largest absolute Gasteiger partial charge is 0.461 e. The number of nitrogens with zero attached hydrogens (tertiary/aromatic N) is 7. The molecule has 2 saturated heterocycles. The summed E-state index contributed by atoms with van der Waals surface area (Å²) in [5.74, 6) is 0.649. The van der Waals surface area contributed by atoms with Gasteiger partial charge in [-0.1, -0.05) is 11.6 Å². The molecule has 1 amide bonds. The van der Waals surface area contributed by atoms with Gasteiger partial charge in [0.2, 0.25) is 0 Å². The van der Waals surface area contributed by atoms with Gasteiger partial charge >= 0.3 is 6.01 Å². The monoisotopic (exact) mass is 515 g/mol. The molecule has 0 radical (unpaired) electrons. The Morgan fingerprint density at radius 2 is 1.94 bits per heavy atom. The Kier molecular flexibility index (Phi) is 6.29. The first-order valence-corrected chi connectivity index (χ1v) is 13.4. The summed E-state index contributed by atoms with van der Waals surface area (Å²) in [6, 6.07) is 0.450. The van der Waals surface area contributed by atoms with Crippen molar-refractivity contribution in [1.29, 1.82) is 0 Å². The number of carbonyl (C=O) groups excluding carboxylic acids is 1. The number of halogens is 1. The molecular formula is C25H34ClN7O3. The van der Waals surface area contributed by atoms with Crippen molar-refractivity contribution >= 4 is 23.3 Å². The van der Waals surface area contributed by atoms with Crippen LogP contribution in [0.25, 0.3) is 0 Å². The van der Waals surface area contributed by atoms with Crippen molar-refractivity contribution in [1.82, 2.24) is 29.5 Å². The predicted molar refractivity (Wildman–Crippen MR) is 135 cm³/mol. The molecule has 4 aliphatic rings. The van der Waals surface area contributed by atoms with E-state index in [-0.39, 0.29) is 11.4 Å². The van der Waals surface area contributed by atoms with E-state index in [0.717, 1.165) is 55.2 Å². The lowest BCUT2D eigenvalue weighted by Crippen LogP contribution is -2.43. The van der Waals surface area contributed by atoms with E-state index in [1.807, 2.05) is 4.68 Å². The number of hydrogen-bond donors (Lipinski definition) is 0. The lowest BCUT2D eigenvalue weighted by molar-refractivity contribution is 0.0821. The minimum absolute atomic E-state index is 0.139. The molecule has 4 aliphatic heterocycles. The zero-order chi connectivity index (χ0) is 24.9. The highest BCUT2D eigenvalue weighted by Gasteiger charge is 2.45. The number of ether oxygens (including phenoxy) is 2. The molecule has 2 fully saturated rings. The van der Waals surface area contributed by atoms with Gasteiger partial charge < -0.3 is 19.3 Å². The molecule has 10 nitrogen and oxygen atoms in total. The standard InChI is InChI=1S/C25H34ClN7O3/c1-30(2)23(34)21-20(26)19-14-31(9-5-12-33(19)29-21)22-17-15-35-13-6-18(17)27-24(28-22)36-16-25-7-3-10-32(25)11-4-8-25/h3-16H2,1-2H3. The molecule has 2 aromatic heterocycles. The third-order valence-electron chi connectivity index (χ3n) is 8.10. The first-order chi connectivity index (χ1) is 17.4.